The molecule has 0 bridgehead atoms. The average Bonchev–Trinajstić information content (AvgIpc) is 2.76. The molecule has 2 rings (SSSR count). The molecule has 0 aliphatic heterocycles. The molecular weight excluding hydrogens is 314 g/mol. The molecule has 114 valence electrons. The van der Waals surface area contributed by atoms with Crippen LogP contribution in [0.1, 0.15) is 46.5 Å². The summed E-state index contributed by atoms with van der Waals surface area (Å²) in [4.78, 5) is 0. The summed E-state index contributed by atoms with van der Waals surface area (Å²) < 4.78 is 28.1. The van der Waals surface area contributed by atoms with Crippen molar-refractivity contribution in [1.29, 1.82) is 0 Å². The van der Waals surface area contributed by atoms with Gasteiger partial charge in [0.25, 0.3) is 0 Å². The van der Waals surface area contributed by atoms with Crippen LogP contribution in [-0.2, 0) is 10.0 Å². The zero-order valence-electron chi connectivity index (χ0n) is 12.1. The molecule has 6 heteroatoms. The number of rotatable bonds is 3. The van der Waals surface area contributed by atoms with Gasteiger partial charge in [-0.3, -0.25) is 0 Å². The van der Waals surface area contributed by atoms with E-state index in [4.69, 9.17) is 11.6 Å². The van der Waals surface area contributed by atoms with Crippen molar-refractivity contribution in [1.82, 2.24) is 4.72 Å². The lowest BCUT2D eigenvalue weighted by Gasteiger charge is -2.37. The Labute approximate surface area is 130 Å². The van der Waals surface area contributed by atoms with Crippen molar-refractivity contribution in [2.24, 2.45) is 11.3 Å². The maximum absolute atomic E-state index is 12.2. The van der Waals surface area contributed by atoms with E-state index in [1.54, 1.807) is 12.1 Å². The fourth-order valence-corrected chi connectivity index (χ4v) is 5.60. The number of hydrogen-bond donors (Lipinski definition) is 1. The van der Waals surface area contributed by atoms with E-state index >= 15 is 0 Å². The molecule has 0 atom stereocenters. The number of nitrogens with one attached hydrogen (secondary N) is 1. The van der Waals surface area contributed by atoms with Crippen LogP contribution in [0.5, 0.6) is 0 Å². The molecule has 0 aromatic carbocycles. The summed E-state index contributed by atoms with van der Waals surface area (Å²) in [6.45, 7) is 6.78. The second kappa shape index (κ2) is 5.95. The molecule has 1 saturated carbocycles. The van der Waals surface area contributed by atoms with Crippen molar-refractivity contribution in [2.75, 3.05) is 0 Å². The minimum atomic E-state index is -3.41. The summed E-state index contributed by atoms with van der Waals surface area (Å²) >= 11 is 6.91. The van der Waals surface area contributed by atoms with Gasteiger partial charge in [-0.2, -0.15) is 0 Å². The minimum Gasteiger partial charge on any atom is -0.207 e. The van der Waals surface area contributed by atoms with Gasteiger partial charge in [-0.1, -0.05) is 32.4 Å². The zero-order valence-corrected chi connectivity index (χ0v) is 14.5. The highest BCUT2D eigenvalue weighted by molar-refractivity contribution is 7.91. The normalized spacial score (nSPS) is 24.8. The van der Waals surface area contributed by atoms with Crippen molar-refractivity contribution in [2.45, 2.75) is 56.7 Å². The van der Waals surface area contributed by atoms with Crippen molar-refractivity contribution in [3.63, 3.8) is 0 Å². The molecule has 20 heavy (non-hydrogen) atoms. The van der Waals surface area contributed by atoms with Gasteiger partial charge >= 0.3 is 0 Å². The van der Waals surface area contributed by atoms with E-state index in [9.17, 15) is 8.42 Å². The lowest BCUT2D eigenvalue weighted by molar-refractivity contribution is 0.166. The second-order valence-electron chi connectivity index (χ2n) is 6.59. The van der Waals surface area contributed by atoms with Crippen LogP contribution in [0.3, 0.4) is 0 Å². The molecule has 0 amide bonds. The lowest BCUT2D eigenvalue weighted by atomic mass is 9.71. The van der Waals surface area contributed by atoms with Gasteiger partial charge in [-0.25, -0.2) is 13.1 Å². The van der Waals surface area contributed by atoms with Crippen molar-refractivity contribution in [3.05, 3.63) is 16.5 Å². The maximum Gasteiger partial charge on any atom is 0.250 e. The highest BCUT2D eigenvalue weighted by Gasteiger charge is 2.31. The van der Waals surface area contributed by atoms with E-state index in [0.29, 0.717) is 19.9 Å². The predicted octanol–water partition coefficient (Wildman–Crippen LogP) is 4.28. The number of sulfonamides is 1. The SMILES string of the molecule is CC(C)(C)C1CCC(NS(=O)(=O)c2ccc(Cl)s2)CC1. The van der Waals surface area contributed by atoms with Gasteiger partial charge in [0, 0.05) is 6.04 Å². The molecule has 1 heterocycles. The van der Waals surface area contributed by atoms with Crippen LogP contribution in [-0.4, -0.2) is 14.5 Å². The Kier molecular flexibility index (Phi) is 4.84. The highest BCUT2D eigenvalue weighted by atomic mass is 35.5. The number of thiophene rings is 1. The lowest BCUT2D eigenvalue weighted by Crippen LogP contribution is -2.39. The Balaban J connectivity index is 1.96. The van der Waals surface area contributed by atoms with Crippen LogP contribution in [0.4, 0.5) is 0 Å². The van der Waals surface area contributed by atoms with Gasteiger partial charge in [0.2, 0.25) is 10.0 Å². The molecule has 0 saturated heterocycles. The molecule has 0 spiro atoms. The fraction of sp³-hybridized carbons (Fsp3) is 0.714. The van der Waals surface area contributed by atoms with E-state index in [-0.39, 0.29) is 6.04 Å². The maximum atomic E-state index is 12.2. The van der Waals surface area contributed by atoms with Crippen LogP contribution in [0.15, 0.2) is 16.3 Å². The molecule has 1 aliphatic carbocycles. The molecule has 1 N–H and O–H groups in total. The topological polar surface area (TPSA) is 46.2 Å². The van der Waals surface area contributed by atoms with Gasteiger partial charge in [0.15, 0.2) is 0 Å². The third kappa shape index (κ3) is 3.97. The Hall–Kier alpha value is -0.100. The fourth-order valence-electron chi connectivity index (χ4n) is 2.80. The van der Waals surface area contributed by atoms with Crippen LogP contribution in [0, 0.1) is 11.3 Å². The molecular formula is C14H22ClNO2S2. The van der Waals surface area contributed by atoms with E-state index in [1.165, 1.54) is 0 Å². The van der Waals surface area contributed by atoms with Gasteiger partial charge in [0.1, 0.15) is 4.21 Å². The summed E-state index contributed by atoms with van der Waals surface area (Å²) in [5.74, 6) is 0.680. The van der Waals surface area contributed by atoms with Gasteiger partial charge < -0.3 is 0 Å². The van der Waals surface area contributed by atoms with Gasteiger partial charge in [-0.15, -0.1) is 11.3 Å². The van der Waals surface area contributed by atoms with Crippen LogP contribution in [0.2, 0.25) is 4.34 Å². The molecule has 3 nitrogen and oxygen atoms in total. The Morgan fingerprint density at radius 1 is 1.20 bits per heavy atom. The Morgan fingerprint density at radius 2 is 1.80 bits per heavy atom. The summed E-state index contributed by atoms with van der Waals surface area (Å²) in [6.07, 6.45) is 4.00. The van der Waals surface area contributed by atoms with E-state index in [0.717, 1.165) is 37.0 Å². The largest absolute Gasteiger partial charge is 0.250 e. The van der Waals surface area contributed by atoms with Crippen molar-refractivity contribution in [3.8, 4) is 0 Å². The first-order valence-corrected chi connectivity index (χ1v) is 9.64. The molecule has 1 fully saturated rings. The van der Waals surface area contributed by atoms with Crippen molar-refractivity contribution < 1.29 is 8.42 Å². The summed E-state index contributed by atoms with van der Waals surface area (Å²) in [6, 6.07) is 3.24. The van der Waals surface area contributed by atoms with Crippen molar-refractivity contribution >= 4 is 33.0 Å². The zero-order chi connectivity index (χ0) is 15.0. The monoisotopic (exact) mass is 335 g/mol. The third-order valence-electron chi connectivity index (χ3n) is 4.09. The molecule has 0 radical (unpaired) electrons. The number of hydrogen-bond acceptors (Lipinski definition) is 3. The van der Waals surface area contributed by atoms with Crippen LogP contribution >= 0.6 is 22.9 Å². The van der Waals surface area contributed by atoms with E-state index in [2.05, 4.69) is 25.5 Å². The third-order valence-corrected chi connectivity index (χ3v) is 7.33. The molecule has 1 aromatic heterocycles. The Bertz CT molecular complexity index is 552. The van der Waals surface area contributed by atoms with Gasteiger partial charge in [0.05, 0.1) is 4.34 Å². The van der Waals surface area contributed by atoms with Gasteiger partial charge in [-0.05, 0) is 49.1 Å². The second-order valence-corrected chi connectivity index (χ2v) is 10.3. The molecule has 0 unspecified atom stereocenters. The molecule has 1 aromatic rings. The standard InChI is InChI=1S/C14H22ClNO2S2/c1-14(2,3)10-4-6-11(7-5-10)16-20(17,18)13-9-8-12(15)19-13/h8-11,16H,4-7H2,1-3H3. The minimum absolute atomic E-state index is 0.0551. The average molecular weight is 336 g/mol. The molecule has 1 aliphatic rings. The van der Waals surface area contributed by atoms with Crippen LogP contribution < -0.4 is 4.72 Å². The Morgan fingerprint density at radius 3 is 2.25 bits per heavy atom. The highest BCUT2D eigenvalue weighted by Crippen LogP contribution is 2.38. The van der Waals surface area contributed by atoms with E-state index < -0.39 is 10.0 Å². The summed E-state index contributed by atoms with van der Waals surface area (Å²) in [7, 11) is -3.41. The van der Waals surface area contributed by atoms with Crippen LogP contribution in [0.25, 0.3) is 0 Å². The predicted molar refractivity (Wildman–Crippen MR) is 84.9 cm³/mol. The first-order chi connectivity index (χ1) is 9.18. The first-order valence-electron chi connectivity index (χ1n) is 6.96. The summed E-state index contributed by atoms with van der Waals surface area (Å²) in [5, 5.41) is 0. The number of halogens is 1. The smallest absolute Gasteiger partial charge is 0.207 e. The summed E-state index contributed by atoms with van der Waals surface area (Å²) in [5.41, 5.74) is 0.311. The van der Waals surface area contributed by atoms with E-state index in [1.807, 2.05) is 0 Å². The quantitative estimate of drug-likeness (QED) is 0.895. The first kappa shape index (κ1) is 16.3.